The molecule has 2 aromatic rings. The van der Waals surface area contributed by atoms with Gasteiger partial charge in [-0.05, 0) is 24.5 Å². The van der Waals surface area contributed by atoms with E-state index in [4.69, 9.17) is 5.73 Å². The van der Waals surface area contributed by atoms with Crippen molar-refractivity contribution in [2.75, 3.05) is 20.6 Å². The molecule has 8 heteroatoms. The zero-order chi connectivity index (χ0) is 19.7. The summed E-state index contributed by atoms with van der Waals surface area (Å²) in [5, 5.41) is 10.1. The van der Waals surface area contributed by atoms with Crippen LogP contribution >= 0.6 is 11.3 Å². The van der Waals surface area contributed by atoms with Crippen LogP contribution in [-0.4, -0.2) is 64.5 Å². The molecule has 1 aromatic carbocycles. The number of benzene rings is 1. The number of carbonyl (C=O) groups is 2. The van der Waals surface area contributed by atoms with Gasteiger partial charge in [-0.15, -0.1) is 11.3 Å². The number of rotatable bonds is 5. The highest BCUT2D eigenvalue weighted by molar-refractivity contribution is 7.13. The molecule has 1 aromatic heterocycles. The van der Waals surface area contributed by atoms with Crippen molar-refractivity contribution in [1.82, 2.24) is 14.8 Å². The molecule has 3 N–H and O–H groups in total. The van der Waals surface area contributed by atoms with Crippen molar-refractivity contribution in [2.45, 2.75) is 31.5 Å². The smallest absolute Gasteiger partial charge is 0.244 e. The highest BCUT2D eigenvalue weighted by Gasteiger charge is 2.42. The summed E-state index contributed by atoms with van der Waals surface area (Å²) in [6, 6.07) is 6.35. The van der Waals surface area contributed by atoms with Gasteiger partial charge >= 0.3 is 0 Å². The van der Waals surface area contributed by atoms with Crippen molar-refractivity contribution in [3.63, 3.8) is 0 Å². The Kier molecular flexibility index (Phi) is 5.59. The number of aliphatic hydroxyl groups excluding tert-OH is 1. The molecule has 1 saturated heterocycles. The fourth-order valence-corrected chi connectivity index (χ4v) is 4.33. The van der Waals surface area contributed by atoms with Gasteiger partial charge in [0.05, 0.1) is 28.2 Å². The number of primary amides is 1. The van der Waals surface area contributed by atoms with Crippen molar-refractivity contribution in [2.24, 2.45) is 5.73 Å². The predicted molar refractivity (Wildman–Crippen MR) is 104 cm³/mol. The van der Waals surface area contributed by atoms with E-state index in [2.05, 4.69) is 4.98 Å². The summed E-state index contributed by atoms with van der Waals surface area (Å²) in [7, 11) is 3.35. The first-order valence-electron chi connectivity index (χ1n) is 8.74. The fraction of sp³-hybridized carbons (Fsp3) is 0.421. The van der Waals surface area contributed by atoms with E-state index < -0.39 is 24.1 Å². The summed E-state index contributed by atoms with van der Waals surface area (Å²) in [5.41, 5.74) is 10.1. The zero-order valence-electron chi connectivity index (χ0n) is 15.6. The topological polar surface area (TPSA) is 99.8 Å². The molecule has 0 aliphatic carbocycles. The summed E-state index contributed by atoms with van der Waals surface area (Å²) in [5.74, 6) is -0.683. The number of likely N-dealkylation sites (tertiary alicyclic amines) is 1. The number of amides is 2. The Bertz CT molecular complexity index is 834. The standard InChI is InChI=1S/C19H24N4O3S/c1-11-17(27-10-21-11)13-6-4-12(5-7-13)16(19(26)22(2)3)23-9-14(24)8-15(23)18(20)25/h4-7,10,14-16,24H,8-9H2,1-3H3,(H2,20,25)/t14?,15?,16-/m1/s1. The van der Waals surface area contributed by atoms with Crippen molar-refractivity contribution in [1.29, 1.82) is 0 Å². The molecule has 3 atom stereocenters. The highest BCUT2D eigenvalue weighted by atomic mass is 32.1. The summed E-state index contributed by atoms with van der Waals surface area (Å²) in [4.78, 5) is 33.4. The zero-order valence-corrected chi connectivity index (χ0v) is 16.4. The van der Waals surface area contributed by atoms with Gasteiger partial charge in [0.25, 0.3) is 0 Å². The highest BCUT2D eigenvalue weighted by Crippen LogP contribution is 2.33. The molecule has 2 heterocycles. The molecule has 1 aliphatic rings. The van der Waals surface area contributed by atoms with Crippen LogP contribution in [-0.2, 0) is 9.59 Å². The predicted octanol–water partition coefficient (Wildman–Crippen LogP) is 1.17. The summed E-state index contributed by atoms with van der Waals surface area (Å²) in [6.45, 7) is 2.19. The van der Waals surface area contributed by atoms with Crippen LogP contribution in [0.3, 0.4) is 0 Å². The number of likely N-dealkylation sites (N-methyl/N-ethyl adjacent to an activating group) is 1. The van der Waals surface area contributed by atoms with Crippen molar-refractivity contribution < 1.29 is 14.7 Å². The Hall–Kier alpha value is -2.29. The maximum atomic E-state index is 12.9. The van der Waals surface area contributed by atoms with Crippen LogP contribution in [0.4, 0.5) is 0 Å². The van der Waals surface area contributed by atoms with E-state index in [1.54, 1.807) is 35.8 Å². The largest absolute Gasteiger partial charge is 0.392 e. The van der Waals surface area contributed by atoms with Crippen molar-refractivity contribution >= 4 is 23.2 Å². The van der Waals surface area contributed by atoms with E-state index in [-0.39, 0.29) is 18.9 Å². The van der Waals surface area contributed by atoms with E-state index in [1.165, 1.54) is 4.90 Å². The van der Waals surface area contributed by atoms with Gasteiger partial charge in [0, 0.05) is 20.6 Å². The van der Waals surface area contributed by atoms with Gasteiger partial charge in [-0.1, -0.05) is 24.3 Å². The monoisotopic (exact) mass is 388 g/mol. The lowest BCUT2D eigenvalue weighted by molar-refractivity contribution is -0.136. The number of hydrogen-bond donors (Lipinski definition) is 2. The summed E-state index contributed by atoms with van der Waals surface area (Å²) in [6.07, 6.45) is -0.441. The second kappa shape index (κ2) is 7.75. The van der Waals surface area contributed by atoms with Crippen LogP contribution in [0.1, 0.15) is 23.7 Å². The summed E-state index contributed by atoms with van der Waals surface area (Å²) >= 11 is 1.57. The number of aliphatic hydroxyl groups is 1. The van der Waals surface area contributed by atoms with Crippen LogP contribution in [0, 0.1) is 6.92 Å². The van der Waals surface area contributed by atoms with Gasteiger partial charge in [-0.3, -0.25) is 14.5 Å². The number of nitrogens with two attached hydrogens (primary N) is 1. The minimum Gasteiger partial charge on any atom is -0.392 e. The van der Waals surface area contributed by atoms with E-state index >= 15 is 0 Å². The van der Waals surface area contributed by atoms with Gasteiger partial charge < -0.3 is 15.7 Å². The lowest BCUT2D eigenvalue weighted by Gasteiger charge is -2.32. The minimum absolute atomic E-state index is 0.155. The molecule has 2 amide bonds. The fourth-order valence-electron chi connectivity index (χ4n) is 3.52. The molecular weight excluding hydrogens is 364 g/mol. The third-order valence-electron chi connectivity index (χ3n) is 4.89. The SMILES string of the molecule is Cc1ncsc1-c1ccc([C@H](C(=O)N(C)C)N2CC(O)CC2C(N)=O)cc1. The van der Waals surface area contributed by atoms with Crippen LogP contribution in [0.25, 0.3) is 10.4 Å². The molecule has 0 spiro atoms. The quantitative estimate of drug-likeness (QED) is 0.801. The average Bonchev–Trinajstić information content (AvgIpc) is 3.21. The number of aromatic nitrogens is 1. The molecule has 0 radical (unpaired) electrons. The summed E-state index contributed by atoms with van der Waals surface area (Å²) < 4.78 is 0. The van der Waals surface area contributed by atoms with E-state index in [0.29, 0.717) is 0 Å². The lowest BCUT2D eigenvalue weighted by atomic mass is 10.0. The Balaban J connectivity index is 1.97. The molecule has 27 heavy (non-hydrogen) atoms. The second-order valence-corrected chi connectivity index (χ2v) is 7.88. The third-order valence-corrected chi connectivity index (χ3v) is 5.86. The molecule has 1 fully saturated rings. The molecule has 7 nitrogen and oxygen atoms in total. The second-order valence-electron chi connectivity index (χ2n) is 7.03. The number of aryl methyl sites for hydroxylation is 1. The van der Waals surface area contributed by atoms with Gasteiger partial charge in [0.2, 0.25) is 11.8 Å². The molecule has 144 valence electrons. The first-order chi connectivity index (χ1) is 12.8. The number of thiazole rings is 1. The van der Waals surface area contributed by atoms with Crippen molar-refractivity contribution in [3.8, 4) is 10.4 Å². The van der Waals surface area contributed by atoms with E-state index in [9.17, 15) is 14.7 Å². The van der Waals surface area contributed by atoms with Crippen LogP contribution < -0.4 is 5.73 Å². The minimum atomic E-state index is -0.681. The molecule has 1 aliphatic heterocycles. The molecule has 3 rings (SSSR count). The maximum Gasteiger partial charge on any atom is 0.244 e. The van der Waals surface area contributed by atoms with Gasteiger partial charge in [-0.25, -0.2) is 4.98 Å². The molecule has 0 bridgehead atoms. The normalized spacial score (nSPS) is 21.2. The first-order valence-corrected chi connectivity index (χ1v) is 9.62. The van der Waals surface area contributed by atoms with Crippen molar-refractivity contribution in [3.05, 3.63) is 41.0 Å². The first kappa shape index (κ1) is 19.5. The van der Waals surface area contributed by atoms with Gasteiger partial charge in [-0.2, -0.15) is 0 Å². The Morgan fingerprint density at radius 2 is 2.00 bits per heavy atom. The Morgan fingerprint density at radius 1 is 1.33 bits per heavy atom. The molecule has 2 unspecified atom stereocenters. The van der Waals surface area contributed by atoms with Gasteiger partial charge in [0.15, 0.2) is 0 Å². The van der Waals surface area contributed by atoms with E-state index in [1.807, 2.05) is 31.2 Å². The number of nitrogens with zero attached hydrogens (tertiary/aromatic N) is 3. The number of β-amino-alcohol motifs (C(OH)–C–C–N with tert-alkyl or cyclic N) is 1. The van der Waals surface area contributed by atoms with Crippen LogP contribution in [0.2, 0.25) is 0 Å². The Labute approximate surface area is 162 Å². The molecule has 0 saturated carbocycles. The lowest BCUT2D eigenvalue weighted by Crippen LogP contribution is -2.47. The van der Waals surface area contributed by atoms with Crippen LogP contribution in [0.5, 0.6) is 0 Å². The van der Waals surface area contributed by atoms with Crippen LogP contribution in [0.15, 0.2) is 29.8 Å². The third kappa shape index (κ3) is 3.87. The van der Waals surface area contributed by atoms with E-state index in [0.717, 1.165) is 21.7 Å². The van der Waals surface area contributed by atoms with Gasteiger partial charge in [0.1, 0.15) is 6.04 Å². The average molecular weight is 388 g/mol. The number of carbonyl (C=O) groups excluding carboxylic acids is 2. The molecular formula is C19H24N4O3S. The number of hydrogen-bond acceptors (Lipinski definition) is 6. The maximum absolute atomic E-state index is 12.9. The Morgan fingerprint density at radius 3 is 2.52 bits per heavy atom.